The summed E-state index contributed by atoms with van der Waals surface area (Å²) in [7, 11) is 5.59. The molecule has 0 saturated heterocycles. The lowest BCUT2D eigenvalue weighted by molar-refractivity contribution is 0.0785. The number of amides is 1. The van der Waals surface area contributed by atoms with Gasteiger partial charge in [-0.1, -0.05) is 6.07 Å². The molecule has 0 bridgehead atoms. The second-order valence-corrected chi connectivity index (χ2v) is 4.66. The quantitative estimate of drug-likeness (QED) is 0.815. The fraction of sp³-hybridized carbons (Fsp3) is 0.429. The highest BCUT2D eigenvalue weighted by Gasteiger charge is 2.14. The second kappa shape index (κ2) is 6.06. The second-order valence-electron chi connectivity index (χ2n) is 4.66. The first kappa shape index (κ1) is 14.0. The van der Waals surface area contributed by atoms with Crippen molar-refractivity contribution in [3.63, 3.8) is 0 Å². The Labute approximate surface area is 108 Å². The molecule has 18 heavy (non-hydrogen) atoms. The predicted octanol–water partition coefficient (Wildman–Crippen LogP) is 1.98. The Bertz CT molecular complexity index is 462. The zero-order valence-corrected chi connectivity index (χ0v) is 11.3. The molecule has 1 atom stereocenters. The first-order chi connectivity index (χ1) is 8.45. The van der Waals surface area contributed by atoms with E-state index in [1.54, 1.807) is 24.9 Å². The van der Waals surface area contributed by atoms with Gasteiger partial charge in [0.2, 0.25) is 0 Å². The van der Waals surface area contributed by atoms with E-state index in [4.69, 9.17) is 5.26 Å². The highest BCUT2D eigenvalue weighted by Crippen LogP contribution is 2.15. The molecular weight excluding hydrogens is 226 g/mol. The first-order valence-electron chi connectivity index (χ1n) is 5.88. The van der Waals surface area contributed by atoms with Crippen molar-refractivity contribution >= 4 is 11.6 Å². The van der Waals surface area contributed by atoms with E-state index < -0.39 is 0 Å². The number of anilines is 1. The lowest BCUT2D eigenvalue weighted by atomic mass is 10.1. The van der Waals surface area contributed by atoms with Crippen molar-refractivity contribution in [3.05, 3.63) is 29.8 Å². The van der Waals surface area contributed by atoms with Crippen LogP contribution in [0.2, 0.25) is 0 Å². The van der Waals surface area contributed by atoms with Crippen molar-refractivity contribution in [3.8, 4) is 6.07 Å². The molecule has 0 aliphatic carbocycles. The van der Waals surface area contributed by atoms with Crippen molar-refractivity contribution in [2.75, 3.05) is 32.6 Å². The van der Waals surface area contributed by atoms with Crippen molar-refractivity contribution < 1.29 is 4.79 Å². The van der Waals surface area contributed by atoms with Gasteiger partial charge in [-0.05, 0) is 25.1 Å². The minimum atomic E-state index is -0.156. The summed E-state index contributed by atoms with van der Waals surface area (Å²) >= 11 is 0. The number of benzene rings is 1. The minimum absolute atomic E-state index is 0.0548. The Balaban J connectivity index is 2.84. The number of hydrogen-bond donors (Lipinski definition) is 0. The topological polar surface area (TPSA) is 47.3 Å². The molecule has 0 spiro atoms. The van der Waals surface area contributed by atoms with Crippen LogP contribution in [0.1, 0.15) is 17.3 Å². The minimum Gasteiger partial charge on any atom is -0.378 e. The Morgan fingerprint density at radius 1 is 1.39 bits per heavy atom. The van der Waals surface area contributed by atoms with Crippen LogP contribution in [0.25, 0.3) is 0 Å². The van der Waals surface area contributed by atoms with Gasteiger partial charge in [-0.3, -0.25) is 4.79 Å². The summed E-state index contributed by atoms with van der Waals surface area (Å²) in [6, 6.07) is 9.60. The molecular formula is C14H19N3O. The highest BCUT2D eigenvalue weighted by atomic mass is 16.2. The van der Waals surface area contributed by atoms with E-state index in [0.29, 0.717) is 12.1 Å². The number of nitrogens with zero attached hydrogens (tertiary/aromatic N) is 3. The largest absolute Gasteiger partial charge is 0.378 e. The third-order valence-electron chi connectivity index (χ3n) is 2.72. The maximum atomic E-state index is 12.2. The number of carbonyl (C=O) groups excluding carboxylic acids is 1. The van der Waals surface area contributed by atoms with E-state index in [1.165, 1.54) is 0 Å². The van der Waals surface area contributed by atoms with E-state index in [0.717, 1.165) is 5.69 Å². The maximum absolute atomic E-state index is 12.2. The van der Waals surface area contributed by atoms with Gasteiger partial charge in [0.25, 0.3) is 5.91 Å². The van der Waals surface area contributed by atoms with E-state index in [9.17, 15) is 4.79 Å². The van der Waals surface area contributed by atoms with Crippen LogP contribution in [0.15, 0.2) is 24.3 Å². The van der Waals surface area contributed by atoms with E-state index in [2.05, 4.69) is 6.07 Å². The summed E-state index contributed by atoms with van der Waals surface area (Å²) in [6.45, 7) is 2.25. The molecule has 4 heteroatoms. The van der Waals surface area contributed by atoms with E-state index in [-0.39, 0.29) is 11.8 Å². The predicted molar refractivity (Wildman–Crippen MR) is 72.5 cm³/mol. The summed E-state index contributed by atoms with van der Waals surface area (Å²) < 4.78 is 0. The van der Waals surface area contributed by atoms with Crippen LogP contribution in [-0.2, 0) is 0 Å². The highest BCUT2D eigenvalue weighted by molar-refractivity contribution is 5.95. The molecule has 96 valence electrons. The van der Waals surface area contributed by atoms with Gasteiger partial charge >= 0.3 is 0 Å². The molecule has 1 rings (SSSR count). The number of carbonyl (C=O) groups is 1. The van der Waals surface area contributed by atoms with E-state index in [1.807, 2.05) is 37.2 Å². The first-order valence-corrected chi connectivity index (χ1v) is 5.88. The van der Waals surface area contributed by atoms with Gasteiger partial charge < -0.3 is 9.80 Å². The van der Waals surface area contributed by atoms with Crippen LogP contribution < -0.4 is 4.90 Å². The molecule has 0 N–H and O–H groups in total. The zero-order chi connectivity index (χ0) is 13.7. The van der Waals surface area contributed by atoms with Crippen LogP contribution in [0, 0.1) is 17.2 Å². The molecule has 1 aromatic carbocycles. The Morgan fingerprint density at radius 3 is 2.61 bits per heavy atom. The van der Waals surface area contributed by atoms with E-state index >= 15 is 0 Å². The SMILES string of the molecule is CC(C#N)CN(C)C(=O)c1cccc(N(C)C)c1. The maximum Gasteiger partial charge on any atom is 0.253 e. The molecule has 0 heterocycles. The molecule has 4 nitrogen and oxygen atoms in total. The fourth-order valence-electron chi connectivity index (χ4n) is 1.67. The molecule has 0 fully saturated rings. The van der Waals surface area contributed by atoms with Gasteiger partial charge in [0.1, 0.15) is 0 Å². The third-order valence-corrected chi connectivity index (χ3v) is 2.72. The number of nitriles is 1. The summed E-state index contributed by atoms with van der Waals surface area (Å²) in [5, 5.41) is 8.76. The van der Waals surface area contributed by atoms with Crippen LogP contribution in [0.5, 0.6) is 0 Å². The Hall–Kier alpha value is -2.02. The van der Waals surface area contributed by atoms with Gasteiger partial charge in [0.15, 0.2) is 0 Å². The smallest absolute Gasteiger partial charge is 0.253 e. The molecule has 1 aromatic rings. The summed E-state index contributed by atoms with van der Waals surface area (Å²) in [4.78, 5) is 15.7. The van der Waals surface area contributed by atoms with Crippen LogP contribution in [0.3, 0.4) is 0 Å². The molecule has 0 aliphatic heterocycles. The zero-order valence-electron chi connectivity index (χ0n) is 11.3. The Morgan fingerprint density at radius 2 is 2.06 bits per heavy atom. The van der Waals surface area contributed by atoms with Crippen molar-refractivity contribution in [1.29, 1.82) is 5.26 Å². The average molecular weight is 245 g/mol. The average Bonchev–Trinajstić information content (AvgIpc) is 2.37. The normalized spacial score (nSPS) is 11.5. The van der Waals surface area contributed by atoms with Gasteiger partial charge in [0, 0.05) is 38.9 Å². The summed E-state index contributed by atoms with van der Waals surface area (Å²) in [5.41, 5.74) is 1.64. The molecule has 0 saturated carbocycles. The van der Waals surface area contributed by atoms with Crippen molar-refractivity contribution in [2.24, 2.45) is 5.92 Å². The molecule has 1 amide bonds. The fourth-order valence-corrected chi connectivity index (χ4v) is 1.67. The van der Waals surface area contributed by atoms with Gasteiger partial charge in [0.05, 0.1) is 12.0 Å². The van der Waals surface area contributed by atoms with Crippen LogP contribution in [0.4, 0.5) is 5.69 Å². The Kier molecular flexibility index (Phi) is 4.73. The van der Waals surface area contributed by atoms with Crippen LogP contribution >= 0.6 is 0 Å². The molecule has 0 aliphatic rings. The third kappa shape index (κ3) is 3.49. The van der Waals surface area contributed by atoms with Gasteiger partial charge in [-0.2, -0.15) is 5.26 Å². The van der Waals surface area contributed by atoms with Gasteiger partial charge in [-0.15, -0.1) is 0 Å². The van der Waals surface area contributed by atoms with Crippen LogP contribution in [-0.4, -0.2) is 38.5 Å². The standard InChI is InChI=1S/C14H19N3O/c1-11(9-15)10-17(4)14(18)12-6-5-7-13(8-12)16(2)3/h5-8,11H,10H2,1-4H3. The summed E-state index contributed by atoms with van der Waals surface area (Å²) in [5.74, 6) is -0.211. The number of hydrogen-bond acceptors (Lipinski definition) is 3. The lowest BCUT2D eigenvalue weighted by Gasteiger charge is -2.19. The van der Waals surface area contributed by atoms with Crippen molar-refractivity contribution in [1.82, 2.24) is 4.90 Å². The lowest BCUT2D eigenvalue weighted by Crippen LogP contribution is -2.30. The molecule has 1 unspecified atom stereocenters. The monoisotopic (exact) mass is 245 g/mol. The summed E-state index contributed by atoms with van der Waals surface area (Å²) in [6.07, 6.45) is 0. The molecule has 0 radical (unpaired) electrons. The number of rotatable bonds is 4. The van der Waals surface area contributed by atoms with Crippen molar-refractivity contribution in [2.45, 2.75) is 6.92 Å². The molecule has 0 aromatic heterocycles. The van der Waals surface area contributed by atoms with Gasteiger partial charge in [-0.25, -0.2) is 0 Å².